The van der Waals surface area contributed by atoms with Gasteiger partial charge in [-0.05, 0) is 30.4 Å². The van der Waals surface area contributed by atoms with Gasteiger partial charge in [0.05, 0.1) is 19.8 Å². The molecule has 0 saturated carbocycles. The number of amides is 1. The number of methoxy groups -OCH3 is 1. The number of hydrogen-bond donors (Lipinski definition) is 1. The van der Waals surface area contributed by atoms with Gasteiger partial charge < -0.3 is 19.5 Å². The second-order valence-corrected chi connectivity index (χ2v) is 9.68. The van der Waals surface area contributed by atoms with Gasteiger partial charge in [0.15, 0.2) is 11.4 Å². The number of benzene rings is 1. The summed E-state index contributed by atoms with van der Waals surface area (Å²) in [5.41, 5.74) is 2.08. The lowest BCUT2D eigenvalue weighted by Crippen LogP contribution is -2.28. The number of carbonyl (C=O) groups excluding carboxylic acids is 2. The third-order valence-corrected chi connectivity index (χ3v) is 6.14. The molecule has 3 aromatic rings. The summed E-state index contributed by atoms with van der Waals surface area (Å²) in [7, 11) is 1.41. The molecule has 1 amide bonds. The maximum atomic E-state index is 13.1. The fraction of sp³-hybridized carbons (Fsp3) is 0.400. The van der Waals surface area contributed by atoms with Crippen molar-refractivity contribution in [1.29, 1.82) is 0 Å². The van der Waals surface area contributed by atoms with Crippen LogP contribution in [0.5, 0.6) is 11.5 Å². The first-order valence-electron chi connectivity index (χ1n) is 11.3. The summed E-state index contributed by atoms with van der Waals surface area (Å²) in [6.07, 6.45) is 0.458. The van der Waals surface area contributed by atoms with E-state index >= 15 is 0 Å². The number of hydrogen-bond acceptors (Lipinski definition) is 9. The number of pyridine rings is 1. The fourth-order valence-corrected chi connectivity index (χ4v) is 3.92. The third kappa shape index (κ3) is 6.75. The van der Waals surface area contributed by atoms with Crippen molar-refractivity contribution < 1.29 is 23.8 Å². The molecular weight excluding hydrogens is 468 g/mol. The molecule has 2 aromatic heterocycles. The van der Waals surface area contributed by atoms with Crippen LogP contribution in [0.4, 0.5) is 4.79 Å². The van der Waals surface area contributed by atoms with Crippen LogP contribution in [0.3, 0.4) is 0 Å². The van der Waals surface area contributed by atoms with Gasteiger partial charge >= 0.3 is 6.16 Å². The van der Waals surface area contributed by atoms with Crippen molar-refractivity contribution in [2.45, 2.75) is 46.6 Å². The molecule has 35 heavy (non-hydrogen) atoms. The molecule has 2 heterocycles. The summed E-state index contributed by atoms with van der Waals surface area (Å²) in [6, 6.07) is 9.20. The van der Waals surface area contributed by atoms with Gasteiger partial charge in [-0.25, -0.2) is 9.78 Å². The molecule has 0 bridgehead atoms. The zero-order chi connectivity index (χ0) is 25.5. The van der Waals surface area contributed by atoms with Crippen molar-refractivity contribution in [2.24, 2.45) is 5.92 Å². The SMILES string of the molecule is COc1ccnc(C(=O)N[C@@H](C)c2nnc(-c3cccc(C(C)C)c3)s2)c1OC(=O)OCC(C)C. The Balaban J connectivity index is 1.77. The standard InChI is InChI=1S/C25H30N4O5S/c1-14(2)13-33-25(31)34-21-19(32-6)10-11-26-20(21)22(30)27-16(5)23-28-29-24(35-23)18-9-7-8-17(12-18)15(3)4/h7-12,14-16H,13H2,1-6H3,(H,27,30)/t16-/m0/s1. The first-order valence-corrected chi connectivity index (χ1v) is 12.1. The largest absolute Gasteiger partial charge is 0.514 e. The average Bonchev–Trinajstić information content (AvgIpc) is 3.33. The Kier molecular flexibility index (Phi) is 8.75. The van der Waals surface area contributed by atoms with Crippen molar-refractivity contribution in [1.82, 2.24) is 20.5 Å². The van der Waals surface area contributed by atoms with Gasteiger partial charge in [0, 0.05) is 17.8 Å². The van der Waals surface area contributed by atoms with Crippen molar-refractivity contribution in [3.8, 4) is 22.1 Å². The third-order valence-electron chi connectivity index (χ3n) is 4.98. The van der Waals surface area contributed by atoms with Crippen LogP contribution in [0, 0.1) is 5.92 Å². The average molecular weight is 499 g/mol. The van der Waals surface area contributed by atoms with E-state index in [1.807, 2.05) is 26.0 Å². The summed E-state index contributed by atoms with van der Waals surface area (Å²) < 4.78 is 15.6. The van der Waals surface area contributed by atoms with Crippen LogP contribution in [-0.2, 0) is 4.74 Å². The van der Waals surface area contributed by atoms with Crippen LogP contribution in [0.25, 0.3) is 10.6 Å². The molecule has 10 heteroatoms. The Morgan fingerprint density at radius 3 is 2.54 bits per heavy atom. The van der Waals surface area contributed by atoms with Gasteiger partial charge in [-0.1, -0.05) is 57.2 Å². The van der Waals surface area contributed by atoms with Crippen molar-refractivity contribution >= 4 is 23.4 Å². The predicted octanol–water partition coefficient (Wildman–Crippen LogP) is 5.39. The lowest BCUT2D eigenvalue weighted by molar-refractivity contribution is 0.0852. The van der Waals surface area contributed by atoms with E-state index in [1.54, 1.807) is 6.92 Å². The minimum atomic E-state index is -0.940. The van der Waals surface area contributed by atoms with E-state index in [9.17, 15) is 9.59 Å². The summed E-state index contributed by atoms with van der Waals surface area (Å²) in [6.45, 7) is 10.0. The highest BCUT2D eigenvalue weighted by molar-refractivity contribution is 7.14. The molecule has 9 nitrogen and oxygen atoms in total. The lowest BCUT2D eigenvalue weighted by atomic mass is 10.0. The Bertz CT molecular complexity index is 1180. The van der Waals surface area contributed by atoms with Gasteiger partial charge in [0.1, 0.15) is 10.0 Å². The summed E-state index contributed by atoms with van der Waals surface area (Å²) in [5, 5.41) is 12.8. The van der Waals surface area contributed by atoms with E-state index in [1.165, 1.54) is 36.3 Å². The number of nitrogens with zero attached hydrogens (tertiary/aromatic N) is 3. The van der Waals surface area contributed by atoms with Gasteiger partial charge in [0.2, 0.25) is 5.75 Å². The maximum absolute atomic E-state index is 13.1. The van der Waals surface area contributed by atoms with Gasteiger partial charge in [0.25, 0.3) is 5.91 Å². The van der Waals surface area contributed by atoms with Crippen LogP contribution < -0.4 is 14.8 Å². The second kappa shape index (κ2) is 11.7. The zero-order valence-electron chi connectivity index (χ0n) is 20.7. The maximum Gasteiger partial charge on any atom is 0.514 e. The molecule has 0 fully saturated rings. The van der Waals surface area contributed by atoms with Crippen molar-refractivity contribution in [3.63, 3.8) is 0 Å². The van der Waals surface area contributed by atoms with Crippen LogP contribution in [0.15, 0.2) is 36.5 Å². The first kappa shape index (κ1) is 26.1. The zero-order valence-corrected chi connectivity index (χ0v) is 21.5. The molecule has 0 spiro atoms. The quantitative estimate of drug-likeness (QED) is 0.391. The molecule has 1 N–H and O–H groups in total. The van der Waals surface area contributed by atoms with E-state index in [0.29, 0.717) is 10.9 Å². The Morgan fingerprint density at radius 1 is 1.09 bits per heavy atom. The van der Waals surface area contributed by atoms with Crippen LogP contribution in [0.2, 0.25) is 0 Å². The normalized spacial score (nSPS) is 11.9. The van der Waals surface area contributed by atoms with E-state index in [0.717, 1.165) is 10.6 Å². The molecular formula is C25H30N4O5S. The highest BCUT2D eigenvalue weighted by atomic mass is 32.1. The number of rotatable bonds is 9. The lowest BCUT2D eigenvalue weighted by Gasteiger charge is -2.15. The molecule has 1 atom stereocenters. The topological polar surface area (TPSA) is 113 Å². The summed E-state index contributed by atoms with van der Waals surface area (Å²) >= 11 is 1.40. The molecule has 1 aromatic carbocycles. The molecule has 0 radical (unpaired) electrons. The molecule has 0 aliphatic carbocycles. The predicted molar refractivity (Wildman–Crippen MR) is 133 cm³/mol. The summed E-state index contributed by atoms with van der Waals surface area (Å²) in [4.78, 5) is 29.3. The number of aromatic nitrogens is 3. The molecule has 3 rings (SSSR count). The van der Waals surface area contributed by atoms with Crippen LogP contribution >= 0.6 is 11.3 Å². The molecule has 0 aliphatic rings. The smallest absolute Gasteiger partial charge is 0.493 e. The van der Waals surface area contributed by atoms with E-state index in [2.05, 4.69) is 46.5 Å². The second-order valence-electron chi connectivity index (χ2n) is 8.67. The van der Waals surface area contributed by atoms with E-state index < -0.39 is 18.1 Å². The Hall–Kier alpha value is -3.53. The Morgan fingerprint density at radius 2 is 1.86 bits per heavy atom. The minimum Gasteiger partial charge on any atom is -0.493 e. The number of carbonyl (C=O) groups is 2. The molecule has 0 unspecified atom stereocenters. The van der Waals surface area contributed by atoms with Gasteiger partial charge in [-0.3, -0.25) is 4.79 Å². The number of nitrogens with one attached hydrogen (secondary N) is 1. The van der Waals surface area contributed by atoms with Gasteiger partial charge in [-0.15, -0.1) is 10.2 Å². The van der Waals surface area contributed by atoms with Crippen LogP contribution in [0.1, 0.15) is 67.6 Å². The first-order chi connectivity index (χ1) is 16.7. The number of ether oxygens (including phenoxy) is 3. The van der Waals surface area contributed by atoms with Crippen molar-refractivity contribution in [2.75, 3.05) is 13.7 Å². The Labute approximate surface area is 208 Å². The van der Waals surface area contributed by atoms with E-state index in [-0.39, 0.29) is 29.7 Å². The summed E-state index contributed by atoms with van der Waals surface area (Å²) in [5.74, 6) is 0.0441. The van der Waals surface area contributed by atoms with E-state index in [4.69, 9.17) is 14.2 Å². The van der Waals surface area contributed by atoms with Crippen molar-refractivity contribution in [3.05, 3.63) is 52.8 Å². The van der Waals surface area contributed by atoms with Gasteiger partial charge in [-0.2, -0.15) is 0 Å². The molecule has 186 valence electrons. The molecule has 0 aliphatic heterocycles. The minimum absolute atomic E-state index is 0.105. The molecule has 0 saturated heterocycles. The van der Waals surface area contributed by atoms with Crippen LogP contribution in [-0.4, -0.2) is 41.0 Å². The monoisotopic (exact) mass is 498 g/mol. The highest BCUT2D eigenvalue weighted by Gasteiger charge is 2.25. The fourth-order valence-electron chi connectivity index (χ4n) is 3.08. The highest BCUT2D eigenvalue weighted by Crippen LogP contribution is 2.32.